The van der Waals surface area contributed by atoms with E-state index in [9.17, 15) is 10.1 Å². The van der Waals surface area contributed by atoms with Crippen molar-refractivity contribution in [2.24, 2.45) is 0 Å². The minimum Gasteiger partial charge on any atom is -0.444 e. The first-order valence-electron chi connectivity index (χ1n) is 9.22. The number of rotatable bonds is 3. The Bertz CT molecular complexity index is 878. The van der Waals surface area contributed by atoms with Gasteiger partial charge < -0.3 is 19.3 Å². The Morgan fingerprint density at radius 3 is 2.50 bits per heavy atom. The third kappa shape index (κ3) is 4.71. The molecular formula is C21H24N4O3. The van der Waals surface area contributed by atoms with Crippen LogP contribution in [0.1, 0.15) is 26.3 Å². The Hall–Kier alpha value is -3.27. The van der Waals surface area contributed by atoms with E-state index < -0.39 is 5.60 Å². The van der Waals surface area contributed by atoms with Crippen molar-refractivity contribution in [3.05, 3.63) is 48.2 Å². The topological polar surface area (TPSA) is 78.7 Å². The maximum Gasteiger partial charge on any atom is 0.410 e. The van der Waals surface area contributed by atoms with Crippen LogP contribution in [0.2, 0.25) is 0 Å². The van der Waals surface area contributed by atoms with E-state index in [0.29, 0.717) is 37.5 Å². The van der Waals surface area contributed by atoms with Gasteiger partial charge in [-0.2, -0.15) is 5.26 Å². The zero-order valence-electron chi connectivity index (χ0n) is 16.4. The lowest BCUT2D eigenvalue weighted by atomic mass is 10.2. The fourth-order valence-corrected chi connectivity index (χ4v) is 2.92. The number of nitrogens with zero attached hydrogens (tertiary/aromatic N) is 4. The van der Waals surface area contributed by atoms with Crippen LogP contribution in [-0.2, 0) is 4.74 Å². The van der Waals surface area contributed by atoms with Crippen molar-refractivity contribution < 1.29 is 14.3 Å². The maximum atomic E-state index is 12.3. The number of pyridine rings is 1. The van der Waals surface area contributed by atoms with Gasteiger partial charge in [0.1, 0.15) is 17.2 Å². The number of aromatic nitrogens is 1. The molecule has 0 radical (unpaired) electrons. The van der Waals surface area contributed by atoms with Crippen LogP contribution in [0, 0.1) is 11.3 Å². The van der Waals surface area contributed by atoms with Crippen LogP contribution >= 0.6 is 0 Å². The quantitative estimate of drug-likeness (QED) is 0.806. The molecule has 146 valence electrons. The average molecular weight is 380 g/mol. The number of amides is 1. The second-order valence-electron chi connectivity index (χ2n) is 7.49. The standard InChI is InChI=1S/C21H24N4O3/c1-21(2,3)28-20(26)25-13-11-24(12-14-25)17-8-4-5-9-18(17)27-19-16(15-22)7-6-10-23-19/h4-10H,11-14H2,1-3H3. The second-order valence-corrected chi connectivity index (χ2v) is 7.49. The van der Waals surface area contributed by atoms with Gasteiger partial charge in [-0.25, -0.2) is 9.78 Å². The zero-order valence-corrected chi connectivity index (χ0v) is 16.4. The molecule has 2 heterocycles. The first kappa shape index (κ1) is 19.5. The lowest BCUT2D eigenvalue weighted by molar-refractivity contribution is 0.0240. The lowest BCUT2D eigenvalue weighted by Crippen LogP contribution is -2.50. The van der Waals surface area contributed by atoms with Crippen molar-refractivity contribution in [3.8, 4) is 17.7 Å². The number of nitriles is 1. The zero-order chi connectivity index (χ0) is 20.1. The van der Waals surface area contributed by atoms with Crippen LogP contribution < -0.4 is 9.64 Å². The van der Waals surface area contributed by atoms with E-state index in [0.717, 1.165) is 5.69 Å². The highest BCUT2D eigenvalue weighted by Crippen LogP contribution is 2.33. The van der Waals surface area contributed by atoms with Crippen LogP contribution in [0.25, 0.3) is 0 Å². The van der Waals surface area contributed by atoms with Crippen LogP contribution in [0.5, 0.6) is 11.6 Å². The summed E-state index contributed by atoms with van der Waals surface area (Å²) < 4.78 is 11.4. The van der Waals surface area contributed by atoms with Gasteiger partial charge in [-0.3, -0.25) is 0 Å². The highest BCUT2D eigenvalue weighted by atomic mass is 16.6. The molecule has 0 bridgehead atoms. The largest absolute Gasteiger partial charge is 0.444 e. The molecule has 1 aliphatic rings. The molecule has 0 N–H and O–H groups in total. The molecule has 0 spiro atoms. The number of para-hydroxylation sites is 2. The van der Waals surface area contributed by atoms with Gasteiger partial charge in [-0.15, -0.1) is 0 Å². The number of piperazine rings is 1. The number of ether oxygens (including phenoxy) is 2. The summed E-state index contributed by atoms with van der Waals surface area (Å²) in [6.45, 7) is 8.04. The molecule has 1 aromatic carbocycles. The molecule has 1 saturated heterocycles. The molecule has 1 amide bonds. The van der Waals surface area contributed by atoms with Gasteiger partial charge in [0.25, 0.3) is 0 Å². The van der Waals surface area contributed by atoms with Gasteiger partial charge in [0.2, 0.25) is 5.88 Å². The third-order valence-electron chi connectivity index (χ3n) is 4.24. The lowest BCUT2D eigenvalue weighted by Gasteiger charge is -2.37. The molecule has 1 fully saturated rings. The third-order valence-corrected chi connectivity index (χ3v) is 4.24. The summed E-state index contributed by atoms with van der Waals surface area (Å²) in [5.41, 5.74) is 0.781. The molecular weight excluding hydrogens is 356 g/mol. The Labute approximate surface area is 165 Å². The fourth-order valence-electron chi connectivity index (χ4n) is 2.92. The Kier molecular flexibility index (Phi) is 5.69. The van der Waals surface area contributed by atoms with Crippen LogP contribution in [-0.4, -0.2) is 47.8 Å². The number of anilines is 1. The summed E-state index contributed by atoms with van der Waals surface area (Å²) in [6, 6.07) is 13.1. The molecule has 0 aliphatic carbocycles. The Morgan fingerprint density at radius 2 is 1.82 bits per heavy atom. The van der Waals surface area contributed by atoms with Crippen molar-refractivity contribution in [1.82, 2.24) is 9.88 Å². The van der Waals surface area contributed by atoms with Gasteiger partial charge in [0, 0.05) is 32.4 Å². The fraction of sp³-hybridized carbons (Fsp3) is 0.381. The van der Waals surface area contributed by atoms with E-state index in [4.69, 9.17) is 9.47 Å². The molecule has 28 heavy (non-hydrogen) atoms. The van der Waals surface area contributed by atoms with Gasteiger partial charge in [0.15, 0.2) is 5.75 Å². The van der Waals surface area contributed by atoms with Gasteiger partial charge in [-0.1, -0.05) is 12.1 Å². The molecule has 0 unspecified atom stereocenters. The molecule has 0 saturated carbocycles. The van der Waals surface area contributed by atoms with E-state index >= 15 is 0 Å². The van der Waals surface area contributed by atoms with Gasteiger partial charge in [0.05, 0.1) is 5.69 Å². The van der Waals surface area contributed by atoms with Crippen LogP contribution in [0.3, 0.4) is 0 Å². The van der Waals surface area contributed by atoms with Crippen LogP contribution in [0.4, 0.5) is 10.5 Å². The number of carbonyl (C=O) groups is 1. The molecule has 7 heteroatoms. The smallest absolute Gasteiger partial charge is 0.410 e. The monoisotopic (exact) mass is 380 g/mol. The molecule has 1 aliphatic heterocycles. The van der Waals surface area contributed by atoms with E-state index in [1.807, 2.05) is 45.0 Å². The minimum atomic E-state index is -0.504. The van der Waals surface area contributed by atoms with E-state index in [-0.39, 0.29) is 12.0 Å². The average Bonchev–Trinajstić information content (AvgIpc) is 2.68. The van der Waals surface area contributed by atoms with Crippen molar-refractivity contribution in [1.29, 1.82) is 5.26 Å². The van der Waals surface area contributed by atoms with E-state index in [1.54, 1.807) is 23.2 Å². The number of carbonyl (C=O) groups excluding carboxylic acids is 1. The van der Waals surface area contributed by atoms with E-state index in [2.05, 4.69) is 16.0 Å². The number of benzene rings is 1. The predicted molar refractivity (Wildman–Crippen MR) is 105 cm³/mol. The summed E-state index contributed by atoms with van der Waals surface area (Å²) in [7, 11) is 0. The summed E-state index contributed by atoms with van der Waals surface area (Å²) in [4.78, 5) is 20.3. The number of hydrogen-bond acceptors (Lipinski definition) is 6. The summed E-state index contributed by atoms with van der Waals surface area (Å²) in [5, 5.41) is 9.25. The predicted octanol–water partition coefficient (Wildman–Crippen LogP) is 3.80. The minimum absolute atomic E-state index is 0.282. The molecule has 1 aromatic heterocycles. The van der Waals surface area contributed by atoms with Gasteiger partial charge >= 0.3 is 6.09 Å². The second kappa shape index (κ2) is 8.17. The SMILES string of the molecule is CC(C)(C)OC(=O)N1CCN(c2ccccc2Oc2ncccc2C#N)CC1. The van der Waals surface area contributed by atoms with Crippen LogP contribution in [0.15, 0.2) is 42.6 Å². The highest BCUT2D eigenvalue weighted by Gasteiger charge is 2.27. The summed E-state index contributed by atoms with van der Waals surface area (Å²) >= 11 is 0. The molecule has 0 atom stereocenters. The van der Waals surface area contributed by atoms with E-state index in [1.165, 1.54) is 0 Å². The molecule has 7 nitrogen and oxygen atoms in total. The molecule has 3 rings (SSSR count). The summed E-state index contributed by atoms with van der Waals surface area (Å²) in [5.74, 6) is 0.910. The van der Waals surface area contributed by atoms with Crippen molar-refractivity contribution in [2.45, 2.75) is 26.4 Å². The van der Waals surface area contributed by atoms with Crippen molar-refractivity contribution in [2.75, 3.05) is 31.1 Å². The Morgan fingerprint density at radius 1 is 1.11 bits per heavy atom. The first-order valence-corrected chi connectivity index (χ1v) is 9.22. The first-order chi connectivity index (χ1) is 13.4. The number of hydrogen-bond donors (Lipinski definition) is 0. The Balaban J connectivity index is 1.71. The summed E-state index contributed by atoms with van der Waals surface area (Å²) in [6.07, 6.45) is 1.31. The van der Waals surface area contributed by atoms with Gasteiger partial charge in [-0.05, 0) is 45.0 Å². The normalized spacial score (nSPS) is 14.4. The maximum absolute atomic E-state index is 12.3. The highest BCUT2D eigenvalue weighted by molar-refractivity contribution is 5.69. The molecule has 2 aromatic rings. The van der Waals surface area contributed by atoms with Crippen molar-refractivity contribution in [3.63, 3.8) is 0 Å². The van der Waals surface area contributed by atoms with Crippen molar-refractivity contribution >= 4 is 11.8 Å².